The molecule has 10 rings (SSSR count). The molecule has 1 aliphatic heterocycles. The van der Waals surface area contributed by atoms with Crippen molar-refractivity contribution in [2.24, 2.45) is 0 Å². The Balaban J connectivity index is 1.26. The summed E-state index contributed by atoms with van der Waals surface area (Å²) < 4.78 is 2.44. The topological polar surface area (TPSA) is 21.1 Å². The highest BCUT2D eigenvalue weighted by atomic mass is 15.2. The molecule has 0 saturated carbocycles. The number of pyridine rings is 1. The second-order valence-electron chi connectivity index (χ2n) is 13.2. The number of rotatable bonds is 5. The van der Waals surface area contributed by atoms with Crippen LogP contribution in [0.2, 0.25) is 0 Å². The van der Waals surface area contributed by atoms with Crippen molar-refractivity contribution < 1.29 is 0 Å². The van der Waals surface area contributed by atoms with E-state index in [1.807, 2.05) is 0 Å². The molecule has 3 nitrogen and oxygen atoms in total. The fourth-order valence-electron chi connectivity index (χ4n) is 8.03. The summed E-state index contributed by atoms with van der Waals surface area (Å²) in [6.07, 6.45) is 9.08. The molecule has 3 heterocycles. The van der Waals surface area contributed by atoms with Crippen LogP contribution in [0, 0.1) is 0 Å². The van der Waals surface area contributed by atoms with Gasteiger partial charge >= 0.3 is 0 Å². The molecule has 8 aromatic rings. The second-order valence-corrected chi connectivity index (χ2v) is 13.2. The number of hydrogen-bond donors (Lipinski definition) is 0. The summed E-state index contributed by atoms with van der Waals surface area (Å²) in [5.41, 5.74) is 13.7. The van der Waals surface area contributed by atoms with Crippen molar-refractivity contribution in [3.05, 3.63) is 194 Å². The van der Waals surface area contributed by atoms with Gasteiger partial charge in [-0.2, -0.15) is 0 Å². The smallest absolute Gasteiger partial charge is 0.0715 e. The molecular weight excluding hydrogens is 607 g/mol. The summed E-state index contributed by atoms with van der Waals surface area (Å²) in [6, 6.07) is 59.2. The molecule has 2 aromatic heterocycles. The second kappa shape index (κ2) is 11.6. The van der Waals surface area contributed by atoms with E-state index in [9.17, 15) is 0 Å². The highest BCUT2D eigenvalue weighted by Gasteiger charge is 2.37. The fraction of sp³-hybridized carbons (Fsp3) is 0.0426. The maximum Gasteiger partial charge on any atom is 0.0715 e. The Labute approximate surface area is 291 Å². The van der Waals surface area contributed by atoms with E-state index >= 15 is 0 Å². The molecule has 2 atom stereocenters. The van der Waals surface area contributed by atoms with Gasteiger partial charge in [0.1, 0.15) is 0 Å². The van der Waals surface area contributed by atoms with Crippen molar-refractivity contribution in [1.82, 2.24) is 9.55 Å². The van der Waals surface area contributed by atoms with E-state index in [2.05, 4.69) is 198 Å². The van der Waals surface area contributed by atoms with E-state index < -0.39 is 0 Å². The molecule has 236 valence electrons. The molecule has 2 unspecified atom stereocenters. The lowest BCUT2D eigenvalue weighted by molar-refractivity contribution is 0.744. The van der Waals surface area contributed by atoms with Crippen molar-refractivity contribution in [2.45, 2.75) is 12.0 Å². The van der Waals surface area contributed by atoms with Gasteiger partial charge in [-0.1, -0.05) is 140 Å². The highest BCUT2D eigenvalue weighted by molar-refractivity contribution is 6.09. The molecule has 0 saturated heterocycles. The highest BCUT2D eigenvalue weighted by Crippen LogP contribution is 2.49. The van der Waals surface area contributed by atoms with Gasteiger partial charge in [0.15, 0.2) is 0 Å². The molecule has 0 amide bonds. The minimum Gasteiger partial charge on any atom is -0.333 e. The van der Waals surface area contributed by atoms with Crippen molar-refractivity contribution >= 4 is 33.2 Å². The fourth-order valence-corrected chi connectivity index (χ4v) is 8.03. The zero-order chi connectivity index (χ0) is 33.0. The van der Waals surface area contributed by atoms with E-state index in [0.717, 1.165) is 39.3 Å². The third-order valence-corrected chi connectivity index (χ3v) is 10.3. The minimum absolute atomic E-state index is 0.191. The predicted octanol–water partition coefficient (Wildman–Crippen LogP) is 11.9. The van der Waals surface area contributed by atoms with Gasteiger partial charge in [-0.05, 0) is 65.2 Å². The lowest BCUT2D eigenvalue weighted by Gasteiger charge is -2.30. The van der Waals surface area contributed by atoms with Gasteiger partial charge in [-0.25, -0.2) is 4.98 Å². The van der Waals surface area contributed by atoms with Crippen LogP contribution < -0.4 is 4.90 Å². The maximum absolute atomic E-state index is 5.20. The maximum atomic E-state index is 5.20. The average molecular weight is 640 g/mol. The Morgan fingerprint density at radius 2 is 0.980 bits per heavy atom. The SMILES string of the molecule is C1=CC2c3ccccc3N(c3cc(-c4cc(-c5ccccc5)nc(-c5ccccc5)c4)cc(-n4c5ccccc5c5ccccc54)c3)C2C=C1. The average Bonchev–Trinajstić information content (AvgIpc) is 3.71. The first-order valence-electron chi connectivity index (χ1n) is 17.3. The zero-order valence-corrected chi connectivity index (χ0v) is 27.4. The van der Waals surface area contributed by atoms with Crippen LogP contribution in [0.3, 0.4) is 0 Å². The molecule has 0 radical (unpaired) electrons. The third kappa shape index (κ3) is 4.62. The van der Waals surface area contributed by atoms with E-state index in [1.54, 1.807) is 0 Å². The predicted molar refractivity (Wildman–Crippen MR) is 208 cm³/mol. The largest absolute Gasteiger partial charge is 0.333 e. The molecule has 6 aromatic carbocycles. The van der Waals surface area contributed by atoms with E-state index in [0.29, 0.717) is 5.92 Å². The molecule has 1 aliphatic carbocycles. The Bertz CT molecular complexity index is 2500. The van der Waals surface area contributed by atoms with Crippen LogP contribution in [0.4, 0.5) is 11.4 Å². The number of hydrogen-bond acceptors (Lipinski definition) is 2. The standard InChI is InChI=1S/C47H33N3/c1-3-15-32(16-4-1)42-29-35(30-43(48-42)33-17-5-2-6-18-33)34-27-36(49-44-23-11-7-19-38(44)39-20-8-12-24-45(39)49)31-37(28-34)50-46-25-13-9-21-40(46)41-22-10-14-26-47(41)50/h1-31,38,44H. The van der Waals surface area contributed by atoms with Gasteiger partial charge in [0.25, 0.3) is 0 Å². The Kier molecular flexibility index (Phi) is 6.63. The summed E-state index contributed by atoms with van der Waals surface area (Å²) in [5.74, 6) is 0.298. The van der Waals surface area contributed by atoms with Gasteiger partial charge in [-0.15, -0.1) is 0 Å². The molecule has 0 spiro atoms. The molecule has 0 fully saturated rings. The van der Waals surface area contributed by atoms with Crippen molar-refractivity contribution in [1.29, 1.82) is 0 Å². The molecule has 0 bridgehead atoms. The number of para-hydroxylation sites is 3. The van der Waals surface area contributed by atoms with E-state index in [4.69, 9.17) is 4.98 Å². The van der Waals surface area contributed by atoms with Crippen molar-refractivity contribution in [2.75, 3.05) is 4.90 Å². The number of benzene rings is 6. The van der Waals surface area contributed by atoms with Crippen LogP contribution in [0.5, 0.6) is 0 Å². The summed E-state index contributed by atoms with van der Waals surface area (Å²) in [4.78, 5) is 7.74. The molecule has 50 heavy (non-hydrogen) atoms. The number of anilines is 2. The van der Waals surface area contributed by atoms with Gasteiger partial charge in [-0.3, -0.25) is 0 Å². The first kappa shape index (κ1) is 28.6. The molecule has 3 heteroatoms. The summed E-state index contributed by atoms with van der Waals surface area (Å²) >= 11 is 0. The first-order valence-corrected chi connectivity index (χ1v) is 17.3. The Hall–Kier alpha value is -6.45. The molecular formula is C47H33N3. The lowest BCUT2D eigenvalue weighted by atomic mass is 9.91. The van der Waals surface area contributed by atoms with E-state index in [1.165, 1.54) is 38.7 Å². The van der Waals surface area contributed by atoms with E-state index in [-0.39, 0.29) is 6.04 Å². The van der Waals surface area contributed by atoms with Crippen LogP contribution in [0.1, 0.15) is 11.5 Å². The Morgan fingerprint density at radius 1 is 0.440 bits per heavy atom. The quantitative estimate of drug-likeness (QED) is 0.187. The van der Waals surface area contributed by atoms with Crippen molar-refractivity contribution in [3.8, 4) is 39.3 Å². The third-order valence-electron chi connectivity index (χ3n) is 10.3. The summed E-state index contributed by atoms with van der Waals surface area (Å²) in [6.45, 7) is 0. The normalized spacial score (nSPS) is 16.2. The number of allylic oxidation sites excluding steroid dienone is 2. The Morgan fingerprint density at radius 3 is 1.66 bits per heavy atom. The lowest BCUT2D eigenvalue weighted by Crippen LogP contribution is -2.28. The van der Waals surface area contributed by atoms with Crippen LogP contribution in [-0.2, 0) is 0 Å². The van der Waals surface area contributed by atoms with Gasteiger partial charge in [0.2, 0.25) is 0 Å². The van der Waals surface area contributed by atoms with Crippen LogP contribution in [-0.4, -0.2) is 15.6 Å². The molecule has 2 aliphatic rings. The molecule has 0 N–H and O–H groups in total. The van der Waals surface area contributed by atoms with Crippen LogP contribution in [0.25, 0.3) is 61.1 Å². The van der Waals surface area contributed by atoms with Crippen LogP contribution in [0.15, 0.2) is 188 Å². The van der Waals surface area contributed by atoms with Crippen LogP contribution >= 0.6 is 0 Å². The minimum atomic E-state index is 0.191. The number of nitrogens with zero attached hydrogens (tertiary/aromatic N) is 3. The zero-order valence-electron chi connectivity index (χ0n) is 27.4. The monoisotopic (exact) mass is 639 g/mol. The number of fused-ring (bicyclic) bond motifs is 6. The number of aromatic nitrogens is 2. The first-order chi connectivity index (χ1) is 24.8. The van der Waals surface area contributed by atoms with Gasteiger partial charge < -0.3 is 9.47 Å². The van der Waals surface area contributed by atoms with Gasteiger partial charge in [0.05, 0.1) is 28.5 Å². The summed E-state index contributed by atoms with van der Waals surface area (Å²) in [7, 11) is 0. The van der Waals surface area contributed by atoms with Gasteiger partial charge in [0, 0.05) is 44.9 Å². The summed E-state index contributed by atoms with van der Waals surface area (Å²) in [5, 5.41) is 2.51. The van der Waals surface area contributed by atoms with Crippen molar-refractivity contribution in [3.63, 3.8) is 0 Å².